The zero-order valence-electron chi connectivity index (χ0n) is 15.5. The highest BCUT2D eigenvalue weighted by atomic mass is 19.4. The average molecular weight is 407 g/mol. The van der Waals surface area contributed by atoms with Gasteiger partial charge in [-0.3, -0.25) is 0 Å². The lowest BCUT2D eigenvalue weighted by Gasteiger charge is -2.32. The summed E-state index contributed by atoms with van der Waals surface area (Å²) in [5.74, 6) is -1.81. The number of carboxylic acid groups (broad SMARTS) is 1. The summed E-state index contributed by atoms with van der Waals surface area (Å²) in [5, 5.41) is 8.98. The standard InChI is InChI=1S/C21H20F3NO4/c22-21(23,24)18-12-16(19(26)27)6-7-17(18)15-8-10-25(11-9-15)20(28)29-13-14-4-2-1-3-5-14/h1-7,12,15H,8-11,13H2,(H,26,27). The van der Waals surface area contributed by atoms with Gasteiger partial charge in [-0.05, 0) is 42.0 Å². The van der Waals surface area contributed by atoms with Crippen molar-refractivity contribution in [3.05, 3.63) is 70.8 Å². The van der Waals surface area contributed by atoms with Gasteiger partial charge in [-0.25, -0.2) is 9.59 Å². The van der Waals surface area contributed by atoms with E-state index in [9.17, 15) is 22.8 Å². The van der Waals surface area contributed by atoms with E-state index in [1.165, 1.54) is 17.0 Å². The van der Waals surface area contributed by atoms with Gasteiger partial charge in [-0.1, -0.05) is 36.4 Å². The summed E-state index contributed by atoms with van der Waals surface area (Å²) in [5.41, 5.74) is -0.408. The lowest BCUT2D eigenvalue weighted by Crippen LogP contribution is -2.38. The van der Waals surface area contributed by atoms with E-state index >= 15 is 0 Å². The van der Waals surface area contributed by atoms with Gasteiger partial charge in [0.05, 0.1) is 11.1 Å². The molecule has 0 radical (unpaired) electrons. The Balaban J connectivity index is 1.64. The normalized spacial score (nSPS) is 15.2. The van der Waals surface area contributed by atoms with Gasteiger partial charge in [0.15, 0.2) is 0 Å². The highest BCUT2D eigenvalue weighted by Crippen LogP contribution is 2.39. The molecular weight excluding hydrogens is 387 g/mol. The zero-order chi connectivity index (χ0) is 21.0. The van der Waals surface area contributed by atoms with Gasteiger partial charge in [-0.15, -0.1) is 0 Å². The summed E-state index contributed by atoms with van der Waals surface area (Å²) in [6.07, 6.45) is -4.46. The molecule has 0 aromatic heterocycles. The maximum atomic E-state index is 13.4. The average Bonchev–Trinajstić information content (AvgIpc) is 2.72. The Morgan fingerprint density at radius 2 is 1.72 bits per heavy atom. The van der Waals surface area contributed by atoms with Gasteiger partial charge in [0.25, 0.3) is 0 Å². The summed E-state index contributed by atoms with van der Waals surface area (Å²) < 4.78 is 45.6. The van der Waals surface area contributed by atoms with Crippen molar-refractivity contribution in [2.75, 3.05) is 13.1 Å². The highest BCUT2D eigenvalue weighted by molar-refractivity contribution is 5.88. The number of rotatable bonds is 4. The number of ether oxygens (including phenoxy) is 1. The van der Waals surface area contributed by atoms with Crippen molar-refractivity contribution in [2.45, 2.75) is 31.5 Å². The van der Waals surface area contributed by atoms with Gasteiger partial charge in [-0.2, -0.15) is 13.2 Å². The van der Waals surface area contributed by atoms with E-state index < -0.39 is 35.3 Å². The van der Waals surface area contributed by atoms with E-state index in [1.807, 2.05) is 30.3 Å². The molecule has 2 aromatic carbocycles. The maximum Gasteiger partial charge on any atom is 0.416 e. The molecule has 1 aliphatic rings. The summed E-state index contributed by atoms with van der Waals surface area (Å²) in [6, 6.07) is 12.3. The second-order valence-electron chi connectivity index (χ2n) is 6.91. The summed E-state index contributed by atoms with van der Waals surface area (Å²) in [6.45, 7) is 0.682. The van der Waals surface area contributed by atoms with Crippen LogP contribution >= 0.6 is 0 Å². The quantitative estimate of drug-likeness (QED) is 0.781. The number of alkyl halides is 3. The molecule has 3 rings (SSSR count). The fourth-order valence-electron chi connectivity index (χ4n) is 3.47. The predicted octanol–water partition coefficient (Wildman–Crippen LogP) is 4.92. The van der Waals surface area contributed by atoms with Crippen LogP contribution in [0.15, 0.2) is 48.5 Å². The number of carboxylic acids is 1. The van der Waals surface area contributed by atoms with Crippen LogP contribution in [0.1, 0.15) is 45.8 Å². The number of carbonyl (C=O) groups is 2. The van der Waals surface area contributed by atoms with Crippen molar-refractivity contribution >= 4 is 12.1 Å². The van der Waals surface area contributed by atoms with E-state index in [2.05, 4.69) is 0 Å². The first-order valence-electron chi connectivity index (χ1n) is 9.16. The SMILES string of the molecule is O=C(O)c1ccc(C2CCN(C(=O)OCc3ccccc3)CC2)c(C(F)(F)F)c1. The van der Waals surface area contributed by atoms with Gasteiger partial charge >= 0.3 is 18.2 Å². The van der Waals surface area contributed by atoms with E-state index in [4.69, 9.17) is 9.84 Å². The molecule has 1 saturated heterocycles. The van der Waals surface area contributed by atoms with E-state index in [0.717, 1.165) is 5.56 Å². The minimum Gasteiger partial charge on any atom is -0.478 e. The third-order valence-corrected chi connectivity index (χ3v) is 5.00. The fourth-order valence-corrected chi connectivity index (χ4v) is 3.47. The second kappa shape index (κ2) is 8.55. The van der Waals surface area contributed by atoms with E-state index in [-0.39, 0.29) is 25.3 Å². The van der Waals surface area contributed by atoms with Gasteiger partial charge in [0, 0.05) is 13.1 Å². The number of hydrogen-bond donors (Lipinski definition) is 1. The number of piperidine rings is 1. The van der Waals surface area contributed by atoms with Crippen LogP contribution in [0.5, 0.6) is 0 Å². The number of aromatic carboxylic acids is 1. The van der Waals surface area contributed by atoms with Crippen LogP contribution in [0.3, 0.4) is 0 Å². The van der Waals surface area contributed by atoms with Crippen LogP contribution in [0.2, 0.25) is 0 Å². The Labute approximate surface area is 165 Å². The molecule has 2 aromatic rings. The second-order valence-corrected chi connectivity index (χ2v) is 6.91. The van der Waals surface area contributed by atoms with Gasteiger partial charge in [0.2, 0.25) is 0 Å². The number of carbonyl (C=O) groups excluding carboxylic acids is 1. The highest BCUT2D eigenvalue weighted by Gasteiger charge is 2.37. The first kappa shape index (κ1) is 20.7. The first-order chi connectivity index (χ1) is 13.8. The first-order valence-corrected chi connectivity index (χ1v) is 9.16. The molecule has 0 bridgehead atoms. The minimum absolute atomic E-state index is 0.0693. The van der Waals surface area contributed by atoms with Crippen molar-refractivity contribution in [2.24, 2.45) is 0 Å². The lowest BCUT2D eigenvalue weighted by molar-refractivity contribution is -0.138. The maximum absolute atomic E-state index is 13.4. The van der Waals surface area contributed by atoms with Crippen molar-refractivity contribution in [3.63, 3.8) is 0 Å². The fraction of sp³-hybridized carbons (Fsp3) is 0.333. The van der Waals surface area contributed by atoms with Crippen LogP contribution in [0.4, 0.5) is 18.0 Å². The molecule has 1 aliphatic heterocycles. The zero-order valence-corrected chi connectivity index (χ0v) is 15.5. The minimum atomic E-state index is -4.65. The number of benzene rings is 2. The molecule has 8 heteroatoms. The Kier molecular flexibility index (Phi) is 6.10. The molecule has 0 atom stereocenters. The molecule has 5 nitrogen and oxygen atoms in total. The van der Waals surface area contributed by atoms with Crippen molar-refractivity contribution in [1.82, 2.24) is 4.90 Å². The molecule has 1 fully saturated rings. The molecule has 29 heavy (non-hydrogen) atoms. The Hall–Kier alpha value is -3.03. The van der Waals surface area contributed by atoms with Gasteiger partial charge in [0.1, 0.15) is 6.61 Å². The topological polar surface area (TPSA) is 66.8 Å². The molecule has 154 valence electrons. The number of hydrogen-bond acceptors (Lipinski definition) is 3. The third kappa shape index (κ3) is 5.07. The van der Waals surface area contributed by atoms with Gasteiger partial charge < -0.3 is 14.7 Å². The predicted molar refractivity (Wildman–Crippen MR) is 98.6 cm³/mol. The monoisotopic (exact) mass is 407 g/mol. The smallest absolute Gasteiger partial charge is 0.416 e. The van der Waals surface area contributed by atoms with Crippen LogP contribution < -0.4 is 0 Å². The Morgan fingerprint density at radius 1 is 1.07 bits per heavy atom. The van der Waals surface area contributed by atoms with Crippen LogP contribution in [0, 0.1) is 0 Å². The molecule has 0 unspecified atom stereocenters. The van der Waals surface area contributed by atoms with E-state index in [1.54, 1.807) is 0 Å². The molecular formula is C21H20F3NO4. The number of amides is 1. The van der Waals surface area contributed by atoms with Crippen molar-refractivity contribution in [3.8, 4) is 0 Å². The largest absolute Gasteiger partial charge is 0.478 e. The molecule has 0 saturated carbocycles. The lowest BCUT2D eigenvalue weighted by atomic mass is 9.85. The van der Waals surface area contributed by atoms with Crippen LogP contribution in [-0.2, 0) is 17.5 Å². The molecule has 1 heterocycles. The Bertz CT molecular complexity index is 875. The van der Waals surface area contributed by atoms with Crippen molar-refractivity contribution < 1.29 is 32.6 Å². The number of likely N-dealkylation sites (tertiary alicyclic amines) is 1. The molecule has 1 N–H and O–H groups in total. The van der Waals surface area contributed by atoms with Crippen molar-refractivity contribution in [1.29, 1.82) is 0 Å². The van der Waals surface area contributed by atoms with E-state index in [0.29, 0.717) is 18.9 Å². The van der Waals surface area contributed by atoms with Crippen LogP contribution in [0.25, 0.3) is 0 Å². The number of nitrogens with zero attached hydrogens (tertiary/aromatic N) is 1. The molecule has 1 amide bonds. The number of halogens is 3. The van der Waals surface area contributed by atoms with Crippen LogP contribution in [-0.4, -0.2) is 35.2 Å². The summed E-state index contributed by atoms with van der Waals surface area (Å²) >= 11 is 0. The Morgan fingerprint density at radius 3 is 2.31 bits per heavy atom. The molecule has 0 spiro atoms. The summed E-state index contributed by atoms with van der Waals surface area (Å²) in [7, 11) is 0. The molecule has 0 aliphatic carbocycles. The summed E-state index contributed by atoms with van der Waals surface area (Å²) in [4.78, 5) is 24.7. The third-order valence-electron chi connectivity index (χ3n) is 5.00.